The van der Waals surface area contributed by atoms with Crippen molar-refractivity contribution in [3.05, 3.63) is 4.88 Å². The van der Waals surface area contributed by atoms with Crippen LogP contribution in [-0.4, -0.2) is 34.9 Å². The van der Waals surface area contributed by atoms with E-state index < -0.39 is 0 Å². The minimum absolute atomic E-state index is 0.0437. The lowest BCUT2D eigenvalue weighted by Crippen LogP contribution is -2.41. The third kappa shape index (κ3) is 3.15. The number of rotatable bonds is 3. The van der Waals surface area contributed by atoms with Crippen LogP contribution in [0.3, 0.4) is 0 Å². The summed E-state index contributed by atoms with van der Waals surface area (Å²) < 4.78 is 0. The van der Waals surface area contributed by atoms with Crippen LogP contribution in [0, 0.1) is 5.41 Å². The summed E-state index contributed by atoms with van der Waals surface area (Å²) in [5, 5.41) is 4.16. The Hall–Kier alpha value is -1.30. The summed E-state index contributed by atoms with van der Waals surface area (Å²) in [7, 11) is 0. The molecule has 0 radical (unpaired) electrons. The van der Waals surface area contributed by atoms with Crippen LogP contribution in [0.5, 0.6) is 0 Å². The molecule has 1 amide bonds. The Bertz CT molecular complexity index is 526. The number of aromatic nitrogens is 1. The number of anilines is 2. The Kier molecular flexibility index (Phi) is 3.82. The molecule has 5 nitrogen and oxygen atoms in total. The van der Waals surface area contributed by atoms with Crippen LogP contribution in [0.4, 0.5) is 10.9 Å². The summed E-state index contributed by atoms with van der Waals surface area (Å²) >= 11 is 1.40. The van der Waals surface area contributed by atoms with Gasteiger partial charge in [-0.1, -0.05) is 25.2 Å². The number of nitrogens with one attached hydrogen (secondary N) is 1. The molecule has 1 saturated carbocycles. The van der Waals surface area contributed by atoms with E-state index >= 15 is 0 Å². The van der Waals surface area contributed by atoms with Gasteiger partial charge in [0.2, 0.25) is 0 Å². The van der Waals surface area contributed by atoms with Crippen molar-refractivity contribution in [3.8, 4) is 0 Å². The SMILES string of the molecule is CC1(C)CCN(C(=O)c2sc(NC3CCC3)nc2N)CC1. The minimum atomic E-state index is 0.0437. The first-order chi connectivity index (χ1) is 9.94. The van der Waals surface area contributed by atoms with Crippen molar-refractivity contribution in [1.82, 2.24) is 9.88 Å². The van der Waals surface area contributed by atoms with Crippen LogP contribution in [0.15, 0.2) is 0 Å². The number of piperidine rings is 1. The maximum Gasteiger partial charge on any atom is 0.267 e. The highest BCUT2D eigenvalue weighted by molar-refractivity contribution is 7.18. The zero-order chi connectivity index (χ0) is 15.0. The molecule has 2 heterocycles. The molecule has 1 aromatic rings. The number of carbonyl (C=O) groups excluding carboxylic acids is 1. The van der Waals surface area contributed by atoms with Crippen molar-refractivity contribution in [2.75, 3.05) is 24.1 Å². The fourth-order valence-electron chi connectivity index (χ4n) is 2.73. The summed E-state index contributed by atoms with van der Waals surface area (Å²) in [5.74, 6) is 0.416. The number of carbonyl (C=O) groups is 1. The molecule has 0 atom stereocenters. The number of thiazole rings is 1. The molecule has 2 fully saturated rings. The molecular formula is C15H24N4OS. The predicted octanol–water partition coefficient (Wildman–Crippen LogP) is 2.95. The molecular weight excluding hydrogens is 284 g/mol. The fourth-order valence-corrected chi connectivity index (χ4v) is 3.66. The van der Waals surface area contributed by atoms with E-state index in [0.29, 0.717) is 22.2 Å². The van der Waals surface area contributed by atoms with Crippen LogP contribution in [0.25, 0.3) is 0 Å². The van der Waals surface area contributed by atoms with Gasteiger partial charge in [-0.2, -0.15) is 0 Å². The first-order valence-electron chi connectivity index (χ1n) is 7.77. The van der Waals surface area contributed by atoms with Crippen LogP contribution in [0.1, 0.15) is 55.6 Å². The van der Waals surface area contributed by atoms with Gasteiger partial charge in [-0.25, -0.2) is 4.98 Å². The Morgan fingerprint density at radius 3 is 2.62 bits per heavy atom. The van der Waals surface area contributed by atoms with Crippen molar-refractivity contribution in [3.63, 3.8) is 0 Å². The van der Waals surface area contributed by atoms with Crippen molar-refractivity contribution < 1.29 is 4.79 Å². The van der Waals surface area contributed by atoms with Gasteiger partial charge in [0, 0.05) is 19.1 Å². The Morgan fingerprint density at radius 1 is 1.38 bits per heavy atom. The van der Waals surface area contributed by atoms with Gasteiger partial charge < -0.3 is 16.0 Å². The largest absolute Gasteiger partial charge is 0.382 e. The van der Waals surface area contributed by atoms with E-state index in [9.17, 15) is 4.79 Å². The summed E-state index contributed by atoms with van der Waals surface area (Å²) in [4.78, 5) is 19.4. The number of nitrogen functional groups attached to an aromatic ring is 1. The van der Waals surface area contributed by atoms with Crippen molar-refractivity contribution in [1.29, 1.82) is 0 Å². The molecule has 1 saturated heterocycles. The summed E-state index contributed by atoms with van der Waals surface area (Å²) in [6.07, 6.45) is 5.73. The summed E-state index contributed by atoms with van der Waals surface area (Å²) in [6.45, 7) is 6.15. The summed E-state index contributed by atoms with van der Waals surface area (Å²) in [6, 6.07) is 0.509. The number of amides is 1. The van der Waals surface area contributed by atoms with E-state index in [1.165, 1.54) is 30.6 Å². The zero-order valence-corrected chi connectivity index (χ0v) is 13.6. The van der Waals surface area contributed by atoms with Crippen molar-refractivity contribution in [2.24, 2.45) is 5.41 Å². The molecule has 21 heavy (non-hydrogen) atoms. The molecule has 1 aliphatic carbocycles. The van der Waals surface area contributed by atoms with Crippen LogP contribution >= 0.6 is 11.3 Å². The monoisotopic (exact) mass is 308 g/mol. The molecule has 3 rings (SSSR count). The standard InChI is InChI=1S/C15H24N4OS/c1-15(2)6-8-19(9-7-15)13(20)11-12(16)18-14(21-11)17-10-4-3-5-10/h10H,3-9,16H2,1-2H3,(H,17,18). The highest BCUT2D eigenvalue weighted by Crippen LogP contribution is 2.33. The molecule has 3 N–H and O–H groups in total. The summed E-state index contributed by atoms with van der Waals surface area (Å²) in [5.41, 5.74) is 6.29. The second-order valence-electron chi connectivity index (χ2n) is 6.96. The molecule has 0 unspecified atom stereocenters. The second-order valence-corrected chi connectivity index (χ2v) is 7.96. The molecule has 0 spiro atoms. The van der Waals surface area contributed by atoms with E-state index in [4.69, 9.17) is 5.73 Å². The second kappa shape index (κ2) is 5.48. The maximum atomic E-state index is 12.6. The fraction of sp³-hybridized carbons (Fsp3) is 0.733. The van der Waals surface area contributed by atoms with Gasteiger partial charge in [0.05, 0.1) is 0 Å². The lowest BCUT2D eigenvalue weighted by atomic mass is 9.82. The smallest absolute Gasteiger partial charge is 0.267 e. The first-order valence-corrected chi connectivity index (χ1v) is 8.58. The normalized spacial score (nSPS) is 21.9. The van der Waals surface area contributed by atoms with Gasteiger partial charge in [-0.3, -0.25) is 4.79 Å². The Morgan fingerprint density at radius 2 is 2.05 bits per heavy atom. The Balaban J connectivity index is 1.66. The highest BCUT2D eigenvalue weighted by atomic mass is 32.1. The average Bonchev–Trinajstić information content (AvgIpc) is 2.74. The maximum absolute atomic E-state index is 12.6. The predicted molar refractivity (Wildman–Crippen MR) is 86.7 cm³/mol. The average molecular weight is 308 g/mol. The third-order valence-corrected chi connectivity index (χ3v) is 5.67. The molecule has 0 bridgehead atoms. The molecule has 0 aromatic carbocycles. The molecule has 116 valence electrons. The van der Waals surface area contributed by atoms with Gasteiger partial charge >= 0.3 is 0 Å². The van der Waals surface area contributed by atoms with Gasteiger partial charge in [0.25, 0.3) is 5.91 Å². The Labute approximate surface area is 129 Å². The van der Waals surface area contributed by atoms with Gasteiger partial charge in [-0.15, -0.1) is 0 Å². The lowest BCUT2D eigenvalue weighted by Gasteiger charge is -2.36. The molecule has 6 heteroatoms. The van der Waals surface area contributed by atoms with Gasteiger partial charge in [0.15, 0.2) is 5.13 Å². The van der Waals surface area contributed by atoms with Crippen LogP contribution < -0.4 is 11.1 Å². The van der Waals surface area contributed by atoms with Crippen LogP contribution in [0.2, 0.25) is 0 Å². The van der Waals surface area contributed by atoms with Crippen LogP contribution in [-0.2, 0) is 0 Å². The topological polar surface area (TPSA) is 71.2 Å². The number of likely N-dealkylation sites (tertiary alicyclic amines) is 1. The number of hydrogen-bond donors (Lipinski definition) is 2. The number of nitrogens with zero attached hydrogens (tertiary/aromatic N) is 2. The quantitative estimate of drug-likeness (QED) is 0.900. The van der Waals surface area contributed by atoms with E-state index in [-0.39, 0.29) is 5.91 Å². The van der Waals surface area contributed by atoms with E-state index in [1.54, 1.807) is 0 Å². The molecule has 2 aliphatic rings. The molecule has 1 aromatic heterocycles. The molecule has 1 aliphatic heterocycles. The third-order valence-electron chi connectivity index (χ3n) is 4.68. The highest BCUT2D eigenvalue weighted by Gasteiger charge is 2.30. The van der Waals surface area contributed by atoms with Gasteiger partial charge in [-0.05, 0) is 37.5 Å². The van der Waals surface area contributed by atoms with E-state index in [1.807, 2.05) is 4.90 Å². The number of nitrogens with two attached hydrogens (primary N) is 1. The minimum Gasteiger partial charge on any atom is -0.382 e. The van der Waals surface area contributed by atoms with Gasteiger partial charge in [0.1, 0.15) is 10.7 Å². The van der Waals surface area contributed by atoms with E-state index in [2.05, 4.69) is 24.1 Å². The lowest BCUT2D eigenvalue weighted by molar-refractivity contribution is 0.0636. The first kappa shape index (κ1) is 14.6. The van der Waals surface area contributed by atoms with Crippen molar-refractivity contribution >= 4 is 28.2 Å². The van der Waals surface area contributed by atoms with Crippen molar-refractivity contribution in [2.45, 2.75) is 52.0 Å². The van der Waals surface area contributed by atoms with E-state index in [0.717, 1.165) is 31.1 Å². The zero-order valence-electron chi connectivity index (χ0n) is 12.8. The number of hydrogen-bond acceptors (Lipinski definition) is 5.